The highest BCUT2D eigenvalue weighted by Gasteiger charge is 1.98. The highest BCUT2D eigenvalue weighted by molar-refractivity contribution is 5.70. The molecule has 3 heteroatoms. The summed E-state index contributed by atoms with van der Waals surface area (Å²) in [6.45, 7) is 2.89. The molecule has 2 aromatic rings. The van der Waals surface area contributed by atoms with Crippen LogP contribution in [0.2, 0.25) is 0 Å². The molecule has 0 spiro atoms. The van der Waals surface area contributed by atoms with Gasteiger partial charge in [-0.3, -0.25) is 4.79 Å². The Morgan fingerprint density at radius 3 is 2.50 bits per heavy atom. The summed E-state index contributed by atoms with van der Waals surface area (Å²) in [7, 11) is 0. The zero-order valence-corrected chi connectivity index (χ0v) is 9.26. The fourth-order valence-electron chi connectivity index (χ4n) is 1.62. The molecule has 0 N–H and O–H groups in total. The molecule has 16 heavy (non-hydrogen) atoms. The van der Waals surface area contributed by atoms with Crippen LogP contribution >= 0.6 is 0 Å². The van der Waals surface area contributed by atoms with E-state index >= 15 is 0 Å². The summed E-state index contributed by atoms with van der Waals surface area (Å²) >= 11 is 0. The van der Waals surface area contributed by atoms with Gasteiger partial charge in [0.25, 0.3) is 0 Å². The van der Waals surface area contributed by atoms with E-state index in [1.54, 1.807) is 12.5 Å². The third-order valence-corrected chi connectivity index (χ3v) is 2.57. The quantitative estimate of drug-likeness (QED) is 0.732. The SMILES string of the molecule is CCc1ccc(Cn2cnc(C=O)c2)cc1. The minimum absolute atomic E-state index is 0.477. The van der Waals surface area contributed by atoms with E-state index in [1.165, 1.54) is 11.1 Å². The van der Waals surface area contributed by atoms with Gasteiger partial charge in [-0.25, -0.2) is 4.98 Å². The molecule has 1 aromatic heterocycles. The van der Waals surface area contributed by atoms with Crippen molar-refractivity contribution in [3.05, 3.63) is 53.6 Å². The van der Waals surface area contributed by atoms with Crippen LogP contribution in [0.4, 0.5) is 0 Å². The largest absolute Gasteiger partial charge is 0.332 e. The van der Waals surface area contributed by atoms with Gasteiger partial charge in [0.2, 0.25) is 0 Å². The maximum Gasteiger partial charge on any atom is 0.169 e. The summed E-state index contributed by atoms with van der Waals surface area (Å²) in [5, 5.41) is 0. The summed E-state index contributed by atoms with van der Waals surface area (Å²) in [5.74, 6) is 0. The molecule has 3 nitrogen and oxygen atoms in total. The Bertz CT molecular complexity index is 471. The molecule has 0 unspecified atom stereocenters. The van der Waals surface area contributed by atoms with Crippen molar-refractivity contribution in [3.8, 4) is 0 Å². The second-order valence-electron chi connectivity index (χ2n) is 3.76. The standard InChI is InChI=1S/C13H14N2O/c1-2-11-3-5-12(6-4-11)7-15-8-13(9-16)14-10-15/h3-6,8-10H,2,7H2,1H3. The number of aldehydes is 1. The Morgan fingerprint density at radius 1 is 1.25 bits per heavy atom. The number of hydrogen-bond donors (Lipinski definition) is 0. The zero-order chi connectivity index (χ0) is 11.4. The second kappa shape index (κ2) is 4.75. The molecule has 0 atom stereocenters. The summed E-state index contributed by atoms with van der Waals surface area (Å²) < 4.78 is 1.91. The van der Waals surface area contributed by atoms with Crippen LogP contribution in [0.5, 0.6) is 0 Å². The van der Waals surface area contributed by atoms with Crippen LogP contribution in [-0.4, -0.2) is 15.8 Å². The molecule has 0 bridgehead atoms. The molecule has 0 aliphatic heterocycles. The van der Waals surface area contributed by atoms with Crippen molar-refractivity contribution in [2.24, 2.45) is 0 Å². The number of carbonyl (C=O) groups is 1. The van der Waals surface area contributed by atoms with Crippen molar-refractivity contribution in [1.82, 2.24) is 9.55 Å². The van der Waals surface area contributed by atoms with Gasteiger partial charge < -0.3 is 4.57 Å². The lowest BCUT2D eigenvalue weighted by atomic mass is 10.1. The highest BCUT2D eigenvalue weighted by Crippen LogP contribution is 2.07. The van der Waals surface area contributed by atoms with Crippen molar-refractivity contribution >= 4 is 6.29 Å². The van der Waals surface area contributed by atoms with Gasteiger partial charge in [0.05, 0.1) is 6.33 Å². The summed E-state index contributed by atoms with van der Waals surface area (Å²) in [4.78, 5) is 14.4. The minimum atomic E-state index is 0.477. The van der Waals surface area contributed by atoms with Crippen LogP contribution in [0.25, 0.3) is 0 Å². The molecule has 0 aliphatic carbocycles. The van der Waals surface area contributed by atoms with E-state index < -0.39 is 0 Å². The summed E-state index contributed by atoms with van der Waals surface area (Å²) in [6.07, 6.45) is 5.25. The number of aromatic nitrogens is 2. The van der Waals surface area contributed by atoms with Gasteiger partial charge in [-0.05, 0) is 17.5 Å². The molecule has 82 valence electrons. The number of hydrogen-bond acceptors (Lipinski definition) is 2. The van der Waals surface area contributed by atoms with Crippen LogP contribution in [0.1, 0.15) is 28.5 Å². The van der Waals surface area contributed by atoms with E-state index in [1.807, 2.05) is 4.57 Å². The molecule has 0 radical (unpaired) electrons. The zero-order valence-electron chi connectivity index (χ0n) is 9.26. The summed E-state index contributed by atoms with van der Waals surface area (Å²) in [6, 6.07) is 8.48. The first-order valence-electron chi connectivity index (χ1n) is 5.36. The molecule has 1 aromatic carbocycles. The van der Waals surface area contributed by atoms with E-state index in [0.29, 0.717) is 5.69 Å². The molecule has 0 saturated heterocycles. The molecular weight excluding hydrogens is 200 g/mol. The maximum atomic E-state index is 10.5. The van der Waals surface area contributed by atoms with Gasteiger partial charge in [0.15, 0.2) is 6.29 Å². The molecule has 0 aliphatic rings. The molecular formula is C13H14N2O. The number of aryl methyl sites for hydroxylation is 1. The third-order valence-electron chi connectivity index (χ3n) is 2.57. The van der Waals surface area contributed by atoms with Crippen LogP contribution in [-0.2, 0) is 13.0 Å². The van der Waals surface area contributed by atoms with E-state index in [4.69, 9.17) is 0 Å². The fraction of sp³-hybridized carbons (Fsp3) is 0.231. The molecule has 0 fully saturated rings. The predicted molar refractivity (Wildman–Crippen MR) is 62.5 cm³/mol. The van der Waals surface area contributed by atoms with Gasteiger partial charge in [-0.1, -0.05) is 31.2 Å². The average molecular weight is 214 g/mol. The molecule has 2 rings (SSSR count). The summed E-state index contributed by atoms with van der Waals surface area (Å²) in [5.41, 5.74) is 3.03. The lowest BCUT2D eigenvalue weighted by molar-refractivity contribution is 0.111. The van der Waals surface area contributed by atoms with Gasteiger partial charge in [-0.15, -0.1) is 0 Å². The predicted octanol–water partition coefficient (Wildman–Crippen LogP) is 2.31. The normalized spacial score (nSPS) is 10.3. The maximum absolute atomic E-state index is 10.5. The first kappa shape index (κ1) is 10.6. The van der Waals surface area contributed by atoms with Crippen LogP contribution < -0.4 is 0 Å². The van der Waals surface area contributed by atoms with E-state index in [2.05, 4.69) is 36.2 Å². The minimum Gasteiger partial charge on any atom is -0.332 e. The molecule has 1 heterocycles. The van der Waals surface area contributed by atoms with E-state index in [0.717, 1.165) is 19.3 Å². The van der Waals surface area contributed by atoms with E-state index in [9.17, 15) is 4.79 Å². The van der Waals surface area contributed by atoms with Crippen LogP contribution in [0, 0.1) is 0 Å². The smallest absolute Gasteiger partial charge is 0.169 e. The Kier molecular flexibility index (Phi) is 3.15. The number of carbonyl (C=O) groups excluding carboxylic acids is 1. The van der Waals surface area contributed by atoms with Crippen LogP contribution in [0.15, 0.2) is 36.8 Å². The van der Waals surface area contributed by atoms with Crippen molar-refractivity contribution in [2.45, 2.75) is 19.9 Å². The van der Waals surface area contributed by atoms with Crippen molar-refractivity contribution in [1.29, 1.82) is 0 Å². The fourth-order valence-corrected chi connectivity index (χ4v) is 1.62. The first-order chi connectivity index (χ1) is 7.81. The van der Waals surface area contributed by atoms with Gasteiger partial charge in [-0.2, -0.15) is 0 Å². The van der Waals surface area contributed by atoms with Crippen molar-refractivity contribution in [3.63, 3.8) is 0 Å². The van der Waals surface area contributed by atoms with Gasteiger partial charge >= 0.3 is 0 Å². The third kappa shape index (κ3) is 2.37. The Morgan fingerprint density at radius 2 is 1.94 bits per heavy atom. The molecule has 0 amide bonds. The Hall–Kier alpha value is -1.90. The van der Waals surface area contributed by atoms with Crippen molar-refractivity contribution < 1.29 is 4.79 Å². The Labute approximate surface area is 94.7 Å². The molecule has 0 saturated carbocycles. The Balaban J connectivity index is 2.10. The van der Waals surface area contributed by atoms with Gasteiger partial charge in [0, 0.05) is 12.7 Å². The average Bonchev–Trinajstić information content (AvgIpc) is 2.78. The lowest BCUT2D eigenvalue weighted by Gasteiger charge is -2.03. The second-order valence-corrected chi connectivity index (χ2v) is 3.76. The van der Waals surface area contributed by atoms with Gasteiger partial charge in [0.1, 0.15) is 5.69 Å². The number of nitrogens with zero attached hydrogens (tertiary/aromatic N) is 2. The number of imidazole rings is 1. The topological polar surface area (TPSA) is 34.9 Å². The van der Waals surface area contributed by atoms with Crippen molar-refractivity contribution in [2.75, 3.05) is 0 Å². The van der Waals surface area contributed by atoms with E-state index in [-0.39, 0.29) is 0 Å². The first-order valence-corrected chi connectivity index (χ1v) is 5.36. The van der Waals surface area contributed by atoms with Crippen LogP contribution in [0.3, 0.4) is 0 Å². The monoisotopic (exact) mass is 214 g/mol. The highest BCUT2D eigenvalue weighted by atomic mass is 16.1. The lowest BCUT2D eigenvalue weighted by Crippen LogP contribution is -1.96. The number of benzene rings is 1. The number of rotatable bonds is 4.